The monoisotopic (exact) mass is 1010 g/mol. The topological polar surface area (TPSA) is 299 Å². The quantitative estimate of drug-likeness (QED) is 0.0134. The number of ether oxygens (including phenoxy) is 6. The Bertz CT molecular complexity index is 2900. The Morgan fingerprint density at radius 3 is 1.35 bits per heavy atom. The minimum atomic E-state index is -0.833. The molecule has 7 rings (SSSR count). The second-order valence-corrected chi connectivity index (χ2v) is 17.1. The SMILES string of the molecule is CC(=O)O.COC(=O)C(C)(C)COc1ccc(-c2ccc(-c3nc(-c4ccc(OC)cc4)n[nH]3)cc2)cn1.COC(=O)C(C)(C)COc1ccc(-c2ccc(C(=N)N)cc2)cn1.COc1ccc(C(=O)NN)cc1. The smallest absolute Gasteiger partial charge is 0.314 e. The zero-order chi connectivity index (χ0) is 54.4. The van der Waals surface area contributed by atoms with E-state index in [9.17, 15) is 14.4 Å². The number of hydrazine groups is 1. The van der Waals surface area contributed by atoms with Crippen molar-refractivity contribution in [3.63, 3.8) is 0 Å². The standard InChI is InChI=1S/C26H26N4O4.C18H21N3O3.C8H10N2O2.C2H4O2/c1-26(2,25(31)33-4)16-34-22-14-11-20(15-27-22)17-5-7-18(8-6-17)23-28-24(30-29-23)19-9-12-21(32-3)13-10-19;1-18(2,17(22)23-3)11-24-15-9-8-14(10-21-15)12-4-6-13(7-5-12)16(19)20;1-12-7-4-2-6(3-5-7)8(11)10-9;1-2(3)4/h5-15H,16H2,1-4H3,(H,28,29,30);4-10H,11H2,1-3H3,(H3,19,20);2-5H,9H2,1H3,(H,10,11);1H3,(H,3,4). The maximum atomic E-state index is 11.8. The summed E-state index contributed by atoms with van der Waals surface area (Å²) in [6.45, 7) is 8.48. The maximum absolute atomic E-state index is 11.8. The number of carboxylic acids is 1. The Hall–Kier alpha value is -9.17. The number of nitrogen functional groups attached to an aromatic ring is 2. The Morgan fingerprint density at radius 2 is 0.973 bits per heavy atom. The average Bonchev–Trinajstić information content (AvgIpc) is 3.92. The number of pyridine rings is 2. The highest BCUT2D eigenvalue weighted by Gasteiger charge is 2.31. The normalized spacial score (nSPS) is 10.5. The molecule has 20 heteroatoms. The lowest BCUT2D eigenvalue weighted by atomic mass is 9.95. The number of rotatable bonds is 16. The third-order valence-electron chi connectivity index (χ3n) is 10.4. The van der Waals surface area contributed by atoms with Crippen LogP contribution in [0.25, 0.3) is 45.0 Å². The summed E-state index contributed by atoms with van der Waals surface area (Å²) in [4.78, 5) is 56.6. The van der Waals surface area contributed by atoms with E-state index in [0.717, 1.165) is 46.1 Å². The fourth-order valence-electron chi connectivity index (χ4n) is 6.20. The summed E-state index contributed by atoms with van der Waals surface area (Å²) in [7, 11) is 5.92. The molecule has 0 aliphatic heterocycles. The van der Waals surface area contributed by atoms with Crippen LogP contribution in [0.3, 0.4) is 0 Å². The number of H-pyrrole nitrogens is 1. The van der Waals surface area contributed by atoms with Crippen molar-refractivity contribution < 1.29 is 52.7 Å². The van der Waals surface area contributed by atoms with Crippen molar-refractivity contribution in [2.75, 3.05) is 41.7 Å². The van der Waals surface area contributed by atoms with E-state index in [2.05, 4.69) is 25.1 Å². The van der Waals surface area contributed by atoms with Gasteiger partial charge in [0.2, 0.25) is 11.8 Å². The minimum Gasteiger partial charge on any atom is -0.497 e. The molecule has 388 valence electrons. The average molecular weight is 1010 g/mol. The number of amides is 1. The van der Waals surface area contributed by atoms with Gasteiger partial charge in [0.25, 0.3) is 11.9 Å². The molecule has 3 aromatic heterocycles. The van der Waals surface area contributed by atoms with Gasteiger partial charge in [-0.2, -0.15) is 5.10 Å². The van der Waals surface area contributed by atoms with Gasteiger partial charge in [-0.3, -0.25) is 35.1 Å². The summed E-state index contributed by atoms with van der Waals surface area (Å²) in [5.74, 6) is 6.88. The fourth-order valence-corrected chi connectivity index (χ4v) is 6.20. The number of carbonyl (C=O) groups is 4. The molecule has 0 saturated heterocycles. The van der Waals surface area contributed by atoms with Crippen LogP contribution in [-0.2, 0) is 23.9 Å². The molecule has 8 N–H and O–H groups in total. The number of hydrogen-bond donors (Lipinski definition) is 6. The summed E-state index contributed by atoms with van der Waals surface area (Å²) < 4.78 is 30.9. The summed E-state index contributed by atoms with van der Waals surface area (Å²) in [6, 6.07) is 37.0. The predicted molar refractivity (Wildman–Crippen MR) is 278 cm³/mol. The number of nitrogens with one attached hydrogen (secondary N) is 3. The lowest BCUT2D eigenvalue weighted by Gasteiger charge is -2.21. The van der Waals surface area contributed by atoms with E-state index in [4.69, 9.17) is 55.3 Å². The zero-order valence-corrected chi connectivity index (χ0v) is 42.6. The molecule has 20 nitrogen and oxygen atoms in total. The second kappa shape index (κ2) is 27.4. The largest absolute Gasteiger partial charge is 0.497 e. The first-order valence-electron chi connectivity index (χ1n) is 22.6. The summed E-state index contributed by atoms with van der Waals surface area (Å²) in [5, 5.41) is 22.1. The van der Waals surface area contributed by atoms with Crippen LogP contribution in [0.4, 0.5) is 0 Å². The van der Waals surface area contributed by atoms with Crippen LogP contribution in [0.5, 0.6) is 23.3 Å². The van der Waals surface area contributed by atoms with Crippen LogP contribution in [0, 0.1) is 16.2 Å². The van der Waals surface area contributed by atoms with E-state index in [0.29, 0.717) is 40.3 Å². The van der Waals surface area contributed by atoms with Crippen LogP contribution in [-0.4, -0.2) is 102 Å². The molecule has 4 aromatic carbocycles. The number of carboxylic acid groups (broad SMARTS) is 1. The molecule has 0 fully saturated rings. The Labute approximate surface area is 428 Å². The molecule has 7 aromatic rings. The van der Waals surface area contributed by atoms with Gasteiger partial charge in [-0.25, -0.2) is 20.8 Å². The number of amidine groups is 1. The zero-order valence-electron chi connectivity index (χ0n) is 42.6. The Kier molecular flexibility index (Phi) is 21.3. The first-order valence-corrected chi connectivity index (χ1v) is 22.6. The van der Waals surface area contributed by atoms with Crippen molar-refractivity contribution in [3.8, 4) is 68.3 Å². The summed E-state index contributed by atoms with van der Waals surface area (Å²) in [5.41, 5.74) is 12.9. The Morgan fingerprint density at radius 1 is 0.595 bits per heavy atom. The third kappa shape index (κ3) is 17.3. The lowest BCUT2D eigenvalue weighted by Crippen LogP contribution is -2.32. The molecule has 1 amide bonds. The molecule has 0 unspecified atom stereocenters. The summed E-state index contributed by atoms with van der Waals surface area (Å²) >= 11 is 0. The number of carbonyl (C=O) groups excluding carboxylic acids is 3. The summed E-state index contributed by atoms with van der Waals surface area (Å²) in [6.07, 6.45) is 3.44. The first-order chi connectivity index (χ1) is 35.2. The molecule has 74 heavy (non-hydrogen) atoms. The number of esters is 2. The number of aromatic nitrogens is 5. The van der Waals surface area contributed by atoms with Gasteiger partial charge in [0, 0.05) is 64.8 Å². The molecule has 0 saturated carbocycles. The molecule has 0 spiro atoms. The van der Waals surface area contributed by atoms with Crippen molar-refractivity contribution in [3.05, 3.63) is 145 Å². The fraction of sp³-hybridized carbons (Fsp3) is 0.241. The van der Waals surface area contributed by atoms with Crippen LogP contribution in [0.15, 0.2) is 134 Å². The third-order valence-corrected chi connectivity index (χ3v) is 10.4. The van der Waals surface area contributed by atoms with Crippen molar-refractivity contribution in [1.29, 1.82) is 5.41 Å². The molecule has 0 aliphatic rings. The molecule has 3 heterocycles. The van der Waals surface area contributed by atoms with Crippen LogP contribution >= 0.6 is 0 Å². The van der Waals surface area contributed by atoms with E-state index in [1.807, 2.05) is 78.2 Å². The molecular weight excluding hydrogens is 951 g/mol. The Balaban J connectivity index is 0.000000256. The van der Waals surface area contributed by atoms with Crippen LogP contribution < -0.4 is 35.9 Å². The van der Waals surface area contributed by atoms with Crippen LogP contribution in [0.2, 0.25) is 0 Å². The van der Waals surface area contributed by atoms with Crippen molar-refractivity contribution in [2.24, 2.45) is 22.4 Å². The number of nitrogens with zero attached hydrogens (tertiary/aromatic N) is 4. The number of nitrogens with two attached hydrogens (primary N) is 2. The number of methoxy groups -OCH3 is 4. The number of benzene rings is 4. The number of aromatic amines is 1. The molecular formula is C54H61N9O11. The van der Waals surface area contributed by atoms with Crippen molar-refractivity contribution in [2.45, 2.75) is 34.6 Å². The lowest BCUT2D eigenvalue weighted by molar-refractivity contribution is -0.153. The second-order valence-electron chi connectivity index (χ2n) is 17.1. The minimum absolute atomic E-state index is 0.0386. The predicted octanol–water partition coefficient (Wildman–Crippen LogP) is 7.79. The van der Waals surface area contributed by atoms with E-state index in [-0.39, 0.29) is 36.9 Å². The van der Waals surface area contributed by atoms with E-state index >= 15 is 0 Å². The molecule has 0 atom stereocenters. The van der Waals surface area contributed by atoms with E-state index in [1.54, 1.807) is 103 Å². The highest BCUT2D eigenvalue weighted by Crippen LogP contribution is 2.28. The highest BCUT2D eigenvalue weighted by molar-refractivity contribution is 5.95. The molecule has 0 aliphatic carbocycles. The van der Waals surface area contributed by atoms with Crippen LogP contribution in [0.1, 0.15) is 50.5 Å². The van der Waals surface area contributed by atoms with E-state index < -0.39 is 16.8 Å². The van der Waals surface area contributed by atoms with Gasteiger partial charge in [-0.15, -0.1) is 0 Å². The van der Waals surface area contributed by atoms with Gasteiger partial charge < -0.3 is 39.3 Å². The number of hydrogen-bond acceptors (Lipinski definition) is 16. The van der Waals surface area contributed by atoms with Gasteiger partial charge in [-0.1, -0.05) is 48.5 Å². The van der Waals surface area contributed by atoms with Crippen molar-refractivity contribution in [1.82, 2.24) is 30.6 Å². The van der Waals surface area contributed by atoms with Gasteiger partial charge >= 0.3 is 11.9 Å². The number of aliphatic carboxylic acids is 1. The van der Waals surface area contributed by atoms with E-state index in [1.165, 1.54) is 14.2 Å². The van der Waals surface area contributed by atoms with Gasteiger partial charge in [0.05, 0.1) is 39.3 Å². The highest BCUT2D eigenvalue weighted by atomic mass is 16.5. The van der Waals surface area contributed by atoms with Crippen molar-refractivity contribution >= 4 is 29.7 Å². The maximum Gasteiger partial charge on any atom is 0.314 e. The van der Waals surface area contributed by atoms with Gasteiger partial charge in [0.15, 0.2) is 11.6 Å². The molecule has 0 bridgehead atoms. The van der Waals surface area contributed by atoms with Gasteiger partial charge in [-0.05, 0) is 99.5 Å². The first kappa shape index (κ1) is 57.4. The molecule has 0 radical (unpaired) electrons. The van der Waals surface area contributed by atoms with Gasteiger partial charge in [0.1, 0.15) is 30.5 Å².